The van der Waals surface area contributed by atoms with Gasteiger partial charge >= 0.3 is 5.97 Å². The van der Waals surface area contributed by atoms with Crippen molar-refractivity contribution < 1.29 is 19.1 Å². The summed E-state index contributed by atoms with van der Waals surface area (Å²) in [5.41, 5.74) is 1.89. The number of benzene rings is 1. The molecule has 0 radical (unpaired) electrons. The van der Waals surface area contributed by atoms with Crippen molar-refractivity contribution in [3.05, 3.63) is 41.6 Å². The molecule has 2 aliphatic rings. The fourth-order valence-corrected chi connectivity index (χ4v) is 4.11. The van der Waals surface area contributed by atoms with Gasteiger partial charge in [-0.3, -0.25) is 14.4 Å². The summed E-state index contributed by atoms with van der Waals surface area (Å²) >= 11 is 0. The highest BCUT2D eigenvalue weighted by Gasteiger charge is 2.30. The number of hydrogen-bond donors (Lipinski definition) is 0. The lowest BCUT2D eigenvalue weighted by Gasteiger charge is -2.35. The van der Waals surface area contributed by atoms with E-state index in [-0.39, 0.29) is 30.9 Å². The van der Waals surface area contributed by atoms with Crippen LogP contribution in [-0.2, 0) is 19.1 Å². The third kappa shape index (κ3) is 4.43. The van der Waals surface area contributed by atoms with E-state index in [1.807, 2.05) is 35.2 Å². The normalized spacial score (nSPS) is 21.2. The van der Waals surface area contributed by atoms with Crippen LogP contribution in [0, 0.1) is 0 Å². The highest BCUT2D eigenvalue weighted by Crippen LogP contribution is 2.33. The van der Waals surface area contributed by atoms with Crippen LogP contribution in [0.25, 0.3) is 6.08 Å². The Morgan fingerprint density at radius 3 is 2.71 bits per heavy atom. The third-order valence-corrected chi connectivity index (χ3v) is 5.60. The minimum atomic E-state index is -0.472. The van der Waals surface area contributed by atoms with Gasteiger partial charge < -0.3 is 14.5 Å². The third-order valence-electron chi connectivity index (χ3n) is 5.60. The van der Waals surface area contributed by atoms with Gasteiger partial charge in [-0.15, -0.1) is 0 Å². The van der Waals surface area contributed by atoms with Gasteiger partial charge in [0.1, 0.15) is 0 Å². The first-order valence-electron chi connectivity index (χ1n) is 10.0. The molecular formula is C22H28N2O4. The molecular weight excluding hydrogens is 356 g/mol. The summed E-state index contributed by atoms with van der Waals surface area (Å²) < 4.78 is 5.30. The van der Waals surface area contributed by atoms with Crippen molar-refractivity contribution in [3.8, 4) is 0 Å². The molecule has 2 heterocycles. The second-order valence-corrected chi connectivity index (χ2v) is 7.40. The van der Waals surface area contributed by atoms with Gasteiger partial charge in [0.05, 0.1) is 12.5 Å². The minimum absolute atomic E-state index is 0.0193. The molecule has 0 N–H and O–H groups in total. The number of fused-ring (bicyclic) bond motifs is 1. The molecule has 6 nitrogen and oxygen atoms in total. The Hall–Kier alpha value is -2.63. The summed E-state index contributed by atoms with van der Waals surface area (Å²) in [6.45, 7) is 4.04. The predicted octanol–water partition coefficient (Wildman–Crippen LogP) is 3.28. The van der Waals surface area contributed by atoms with Crippen LogP contribution < -0.4 is 0 Å². The summed E-state index contributed by atoms with van der Waals surface area (Å²) in [6, 6.07) is 7.50. The average molecular weight is 384 g/mol. The van der Waals surface area contributed by atoms with E-state index in [1.165, 1.54) is 6.92 Å². The number of carbonyl (C=O) groups excluding carboxylic acids is 3. The number of amides is 2. The Kier molecular flexibility index (Phi) is 6.49. The van der Waals surface area contributed by atoms with Gasteiger partial charge in [0.15, 0.2) is 6.61 Å². The number of ether oxygens (including phenoxy) is 1. The van der Waals surface area contributed by atoms with Crippen LogP contribution in [0.3, 0.4) is 0 Å². The van der Waals surface area contributed by atoms with E-state index in [0.717, 1.165) is 43.4 Å². The van der Waals surface area contributed by atoms with E-state index >= 15 is 0 Å². The van der Waals surface area contributed by atoms with E-state index in [4.69, 9.17) is 4.74 Å². The summed E-state index contributed by atoms with van der Waals surface area (Å²) in [6.07, 6.45) is 7.64. The zero-order valence-electron chi connectivity index (χ0n) is 16.6. The van der Waals surface area contributed by atoms with Gasteiger partial charge in [0.25, 0.3) is 5.91 Å². The summed E-state index contributed by atoms with van der Waals surface area (Å²) in [5.74, 6) is -0.745. The summed E-state index contributed by atoms with van der Waals surface area (Å²) in [5, 5.41) is 0. The van der Waals surface area contributed by atoms with Crippen LogP contribution in [0.4, 0.5) is 0 Å². The molecule has 2 atom stereocenters. The maximum Gasteiger partial charge on any atom is 0.308 e. The molecule has 28 heavy (non-hydrogen) atoms. The SMILES string of the molecule is CCC1CCCCN1C(=O)COC(=O)CC1c2ccccc2C=CN1C(C)=O. The van der Waals surface area contributed by atoms with Crippen LogP contribution in [-0.4, -0.2) is 46.8 Å². The summed E-state index contributed by atoms with van der Waals surface area (Å²) in [7, 11) is 0. The molecule has 1 aromatic carbocycles. The van der Waals surface area contributed by atoms with Crippen molar-refractivity contribution in [2.24, 2.45) is 0 Å². The standard InChI is InChI=1S/C22H28N2O4/c1-3-18-9-6-7-12-24(18)21(26)15-28-22(27)14-20-19-10-5-4-8-17(19)11-13-23(20)16(2)25/h4-5,8,10-11,13,18,20H,3,6-7,9,12,14-15H2,1-2H3. The molecule has 0 aromatic heterocycles. The molecule has 2 aliphatic heterocycles. The van der Waals surface area contributed by atoms with Crippen molar-refractivity contribution in [3.63, 3.8) is 0 Å². The van der Waals surface area contributed by atoms with Gasteiger partial charge in [-0.25, -0.2) is 0 Å². The monoisotopic (exact) mass is 384 g/mol. The first kappa shape index (κ1) is 20.1. The van der Waals surface area contributed by atoms with Crippen molar-refractivity contribution in [1.29, 1.82) is 0 Å². The Bertz CT molecular complexity index is 774. The second-order valence-electron chi connectivity index (χ2n) is 7.40. The lowest BCUT2D eigenvalue weighted by Crippen LogP contribution is -2.45. The van der Waals surface area contributed by atoms with Gasteiger partial charge in [-0.1, -0.05) is 31.2 Å². The zero-order chi connectivity index (χ0) is 20.1. The Morgan fingerprint density at radius 2 is 1.96 bits per heavy atom. The smallest absolute Gasteiger partial charge is 0.308 e. The Balaban J connectivity index is 1.62. The number of esters is 1. The number of hydrogen-bond acceptors (Lipinski definition) is 4. The molecule has 1 saturated heterocycles. The van der Waals surface area contributed by atoms with Crippen LogP contribution in [0.15, 0.2) is 30.5 Å². The number of likely N-dealkylation sites (tertiary alicyclic amines) is 1. The number of carbonyl (C=O) groups is 3. The Morgan fingerprint density at radius 1 is 1.18 bits per heavy atom. The van der Waals surface area contributed by atoms with E-state index in [1.54, 1.807) is 11.1 Å². The first-order valence-corrected chi connectivity index (χ1v) is 10.0. The van der Waals surface area contributed by atoms with E-state index in [2.05, 4.69) is 6.92 Å². The second kappa shape index (κ2) is 9.04. The molecule has 0 spiro atoms. The zero-order valence-corrected chi connectivity index (χ0v) is 16.6. The minimum Gasteiger partial charge on any atom is -0.455 e. The fourth-order valence-electron chi connectivity index (χ4n) is 4.11. The van der Waals surface area contributed by atoms with E-state index < -0.39 is 12.0 Å². The predicted molar refractivity (Wildman–Crippen MR) is 106 cm³/mol. The highest BCUT2D eigenvalue weighted by atomic mass is 16.5. The van der Waals surface area contributed by atoms with Crippen molar-refractivity contribution in [2.45, 2.75) is 58.0 Å². The van der Waals surface area contributed by atoms with Crippen LogP contribution in [0.5, 0.6) is 0 Å². The first-order chi connectivity index (χ1) is 13.5. The Labute approximate surface area is 166 Å². The van der Waals surface area contributed by atoms with Gasteiger partial charge in [-0.05, 0) is 42.9 Å². The summed E-state index contributed by atoms with van der Waals surface area (Å²) in [4.78, 5) is 40.4. The number of piperidine rings is 1. The quantitative estimate of drug-likeness (QED) is 0.731. The fraction of sp³-hybridized carbons (Fsp3) is 0.500. The highest BCUT2D eigenvalue weighted by molar-refractivity contribution is 5.82. The number of rotatable bonds is 5. The van der Waals surface area contributed by atoms with E-state index in [9.17, 15) is 14.4 Å². The molecule has 6 heteroatoms. The molecule has 2 unspecified atom stereocenters. The largest absolute Gasteiger partial charge is 0.455 e. The van der Waals surface area contributed by atoms with Gasteiger partial charge in [0.2, 0.25) is 5.91 Å². The van der Waals surface area contributed by atoms with Crippen LogP contribution >= 0.6 is 0 Å². The molecule has 1 aromatic rings. The maximum absolute atomic E-state index is 12.5. The molecule has 0 bridgehead atoms. The number of nitrogens with zero attached hydrogens (tertiary/aromatic N) is 2. The molecule has 1 fully saturated rings. The van der Waals surface area contributed by atoms with Gasteiger partial charge in [-0.2, -0.15) is 0 Å². The lowest BCUT2D eigenvalue weighted by atomic mass is 9.94. The van der Waals surface area contributed by atoms with Crippen LogP contribution in [0.1, 0.15) is 63.1 Å². The van der Waals surface area contributed by atoms with Crippen molar-refractivity contribution >= 4 is 23.9 Å². The topological polar surface area (TPSA) is 66.9 Å². The average Bonchev–Trinajstić information content (AvgIpc) is 2.72. The lowest BCUT2D eigenvalue weighted by molar-refractivity contribution is -0.154. The molecule has 0 aliphatic carbocycles. The van der Waals surface area contributed by atoms with Crippen molar-refractivity contribution in [2.75, 3.05) is 13.2 Å². The molecule has 150 valence electrons. The van der Waals surface area contributed by atoms with Crippen LogP contribution in [0.2, 0.25) is 0 Å². The van der Waals surface area contributed by atoms with Crippen molar-refractivity contribution in [1.82, 2.24) is 9.80 Å². The molecule has 3 rings (SSSR count). The maximum atomic E-state index is 12.5. The van der Waals surface area contributed by atoms with Gasteiger partial charge in [0, 0.05) is 25.7 Å². The van der Waals surface area contributed by atoms with E-state index in [0.29, 0.717) is 0 Å². The molecule has 0 saturated carbocycles. The molecule has 2 amide bonds.